The summed E-state index contributed by atoms with van der Waals surface area (Å²) in [7, 11) is 1.85. The number of amides is 1. The molecule has 6 nitrogen and oxygen atoms in total. The molecule has 1 aromatic heterocycles. The van der Waals surface area contributed by atoms with E-state index in [9.17, 15) is 9.18 Å². The maximum Gasteiger partial charge on any atom is 0.250 e. The second kappa shape index (κ2) is 6.41. The van der Waals surface area contributed by atoms with Gasteiger partial charge in [0.15, 0.2) is 0 Å². The zero-order valence-corrected chi connectivity index (χ0v) is 12.4. The van der Waals surface area contributed by atoms with E-state index in [0.29, 0.717) is 26.1 Å². The van der Waals surface area contributed by atoms with E-state index in [2.05, 4.69) is 15.6 Å². The lowest BCUT2D eigenvalue weighted by Gasteiger charge is -2.22. The van der Waals surface area contributed by atoms with Gasteiger partial charge in [0.1, 0.15) is 17.7 Å². The Balaban J connectivity index is 1.59. The van der Waals surface area contributed by atoms with Gasteiger partial charge in [-0.25, -0.2) is 9.37 Å². The molecule has 1 aromatic carbocycles. The highest BCUT2D eigenvalue weighted by Gasteiger charge is 2.21. The van der Waals surface area contributed by atoms with Gasteiger partial charge in [-0.3, -0.25) is 4.79 Å². The lowest BCUT2D eigenvalue weighted by molar-refractivity contribution is -0.134. The van der Waals surface area contributed by atoms with Crippen LogP contribution in [-0.4, -0.2) is 47.8 Å². The fraction of sp³-hybridized carbons (Fsp3) is 0.467. The van der Waals surface area contributed by atoms with Gasteiger partial charge in [-0.2, -0.15) is 0 Å². The van der Waals surface area contributed by atoms with Gasteiger partial charge in [0.2, 0.25) is 5.91 Å². The Bertz CT molecular complexity index is 679. The number of imidazole rings is 1. The standard InChI is InChI=1S/C15H19FN4O2/c1-20-12-8-10(16)2-3-11(12)19-14(20)4-5-18-15(21)13-9-17-6-7-22-13/h2-3,8,13,17H,4-7,9H2,1H3,(H,18,21)/t13-/m0/s1. The number of halogens is 1. The Morgan fingerprint density at radius 1 is 1.59 bits per heavy atom. The third kappa shape index (κ3) is 3.10. The van der Waals surface area contributed by atoms with E-state index < -0.39 is 6.10 Å². The zero-order valence-electron chi connectivity index (χ0n) is 12.4. The summed E-state index contributed by atoms with van der Waals surface area (Å²) >= 11 is 0. The number of rotatable bonds is 4. The third-order valence-electron chi connectivity index (χ3n) is 3.80. The molecular weight excluding hydrogens is 287 g/mol. The molecule has 118 valence electrons. The fourth-order valence-electron chi connectivity index (χ4n) is 2.58. The summed E-state index contributed by atoms with van der Waals surface area (Å²) in [6, 6.07) is 4.52. The molecule has 1 fully saturated rings. The smallest absolute Gasteiger partial charge is 0.250 e. The van der Waals surface area contributed by atoms with Crippen molar-refractivity contribution in [2.75, 3.05) is 26.2 Å². The molecule has 1 aliphatic rings. The minimum atomic E-state index is -0.428. The van der Waals surface area contributed by atoms with Crippen molar-refractivity contribution in [1.29, 1.82) is 0 Å². The summed E-state index contributed by atoms with van der Waals surface area (Å²) < 4.78 is 20.5. The number of nitrogens with zero attached hydrogens (tertiary/aromatic N) is 2. The molecular formula is C15H19FN4O2. The van der Waals surface area contributed by atoms with Gasteiger partial charge in [-0.15, -0.1) is 0 Å². The molecule has 2 N–H and O–H groups in total. The molecule has 1 saturated heterocycles. The normalized spacial score (nSPS) is 18.5. The number of hydrogen-bond acceptors (Lipinski definition) is 4. The second-order valence-corrected chi connectivity index (χ2v) is 5.32. The molecule has 3 rings (SSSR count). The van der Waals surface area contributed by atoms with Crippen LogP contribution in [0.15, 0.2) is 18.2 Å². The Morgan fingerprint density at radius 3 is 3.23 bits per heavy atom. The number of carbonyl (C=O) groups excluding carboxylic acids is 1. The minimum absolute atomic E-state index is 0.114. The molecule has 0 unspecified atom stereocenters. The molecule has 1 aliphatic heterocycles. The van der Waals surface area contributed by atoms with Crippen molar-refractivity contribution >= 4 is 16.9 Å². The summed E-state index contributed by atoms with van der Waals surface area (Å²) in [4.78, 5) is 16.4. The molecule has 0 bridgehead atoms. The van der Waals surface area contributed by atoms with Crippen LogP contribution in [0.5, 0.6) is 0 Å². The molecule has 0 aliphatic carbocycles. The lowest BCUT2D eigenvalue weighted by Crippen LogP contribution is -2.48. The van der Waals surface area contributed by atoms with Crippen molar-refractivity contribution in [2.24, 2.45) is 7.05 Å². The Kier molecular flexibility index (Phi) is 4.35. The molecule has 7 heteroatoms. The highest BCUT2D eigenvalue weighted by atomic mass is 19.1. The largest absolute Gasteiger partial charge is 0.366 e. The molecule has 0 saturated carbocycles. The van der Waals surface area contributed by atoms with E-state index >= 15 is 0 Å². The first kappa shape index (κ1) is 14.9. The van der Waals surface area contributed by atoms with Crippen molar-refractivity contribution < 1.29 is 13.9 Å². The van der Waals surface area contributed by atoms with Crippen LogP contribution in [0.3, 0.4) is 0 Å². The predicted molar refractivity (Wildman–Crippen MR) is 80.0 cm³/mol. The average molecular weight is 306 g/mol. The Hall–Kier alpha value is -1.99. The summed E-state index contributed by atoms with van der Waals surface area (Å²) in [6.45, 7) is 2.34. The topological polar surface area (TPSA) is 68.2 Å². The second-order valence-electron chi connectivity index (χ2n) is 5.32. The third-order valence-corrected chi connectivity index (χ3v) is 3.80. The van der Waals surface area contributed by atoms with Crippen LogP contribution < -0.4 is 10.6 Å². The van der Waals surface area contributed by atoms with Crippen LogP contribution in [0, 0.1) is 5.82 Å². The van der Waals surface area contributed by atoms with Crippen LogP contribution in [0.2, 0.25) is 0 Å². The molecule has 0 spiro atoms. The van der Waals surface area contributed by atoms with E-state index in [-0.39, 0.29) is 11.7 Å². The van der Waals surface area contributed by atoms with E-state index in [1.54, 1.807) is 6.07 Å². The minimum Gasteiger partial charge on any atom is -0.366 e. The number of aryl methyl sites for hydroxylation is 1. The number of aromatic nitrogens is 2. The Morgan fingerprint density at radius 2 is 2.45 bits per heavy atom. The van der Waals surface area contributed by atoms with E-state index in [1.165, 1.54) is 12.1 Å². The number of fused-ring (bicyclic) bond motifs is 1. The summed E-state index contributed by atoms with van der Waals surface area (Å²) in [5, 5.41) is 5.97. The van der Waals surface area contributed by atoms with Crippen LogP contribution in [0.1, 0.15) is 5.82 Å². The van der Waals surface area contributed by atoms with Gasteiger partial charge >= 0.3 is 0 Å². The molecule has 0 radical (unpaired) electrons. The SMILES string of the molecule is Cn1c(CCNC(=O)[C@@H]2CNCCO2)nc2ccc(F)cc21. The van der Waals surface area contributed by atoms with Crippen molar-refractivity contribution in [3.8, 4) is 0 Å². The number of nitrogens with one attached hydrogen (secondary N) is 2. The van der Waals surface area contributed by atoms with Crippen LogP contribution in [0.25, 0.3) is 11.0 Å². The first-order chi connectivity index (χ1) is 10.6. The summed E-state index contributed by atoms with van der Waals surface area (Å²) in [6.07, 6.45) is 0.155. The van der Waals surface area contributed by atoms with Crippen LogP contribution >= 0.6 is 0 Å². The summed E-state index contributed by atoms with van der Waals surface area (Å²) in [5.74, 6) is 0.415. The highest BCUT2D eigenvalue weighted by molar-refractivity contribution is 5.81. The van der Waals surface area contributed by atoms with Crippen molar-refractivity contribution in [2.45, 2.75) is 12.5 Å². The highest BCUT2D eigenvalue weighted by Crippen LogP contribution is 2.16. The predicted octanol–water partition coefficient (Wildman–Crippen LogP) is 0.359. The monoisotopic (exact) mass is 306 g/mol. The van der Waals surface area contributed by atoms with Crippen LogP contribution in [-0.2, 0) is 23.0 Å². The number of ether oxygens (including phenoxy) is 1. The van der Waals surface area contributed by atoms with Gasteiger partial charge in [-0.1, -0.05) is 0 Å². The molecule has 2 heterocycles. The average Bonchev–Trinajstić information content (AvgIpc) is 2.84. The van der Waals surface area contributed by atoms with Crippen LogP contribution in [0.4, 0.5) is 4.39 Å². The maximum atomic E-state index is 13.3. The van der Waals surface area contributed by atoms with Gasteiger partial charge in [-0.05, 0) is 18.2 Å². The first-order valence-corrected chi connectivity index (χ1v) is 7.36. The van der Waals surface area contributed by atoms with E-state index in [4.69, 9.17) is 4.74 Å². The Labute approximate surface area is 127 Å². The number of benzene rings is 1. The molecule has 1 atom stereocenters. The van der Waals surface area contributed by atoms with E-state index in [0.717, 1.165) is 23.4 Å². The summed E-state index contributed by atoms with van der Waals surface area (Å²) in [5.41, 5.74) is 1.51. The van der Waals surface area contributed by atoms with Gasteiger partial charge in [0.05, 0.1) is 17.6 Å². The lowest BCUT2D eigenvalue weighted by atomic mass is 10.3. The number of hydrogen-bond donors (Lipinski definition) is 2. The van der Waals surface area contributed by atoms with Crippen molar-refractivity contribution in [3.63, 3.8) is 0 Å². The fourth-order valence-corrected chi connectivity index (χ4v) is 2.58. The van der Waals surface area contributed by atoms with Crippen molar-refractivity contribution in [1.82, 2.24) is 20.2 Å². The quantitative estimate of drug-likeness (QED) is 0.856. The van der Waals surface area contributed by atoms with Gasteiger partial charge in [0, 0.05) is 33.1 Å². The van der Waals surface area contributed by atoms with E-state index in [1.807, 2.05) is 11.6 Å². The maximum absolute atomic E-state index is 13.3. The molecule has 2 aromatic rings. The van der Waals surface area contributed by atoms with Gasteiger partial charge in [0.25, 0.3) is 0 Å². The van der Waals surface area contributed by atoms with Crippen molar-refractivity contribution in [3.05, 3.63) is 29.8 Å². The molecule has 1 amide bonds. The number of carbonyl (C=O) groups is 1. The first-order valence-electron chi connectivity index (χ1n) is 7.36. The molecule has 22 heavy (non-hydrogen) atoms. The van der Waals surface area contributed by atoms with Gasteiger partial charge < -0.3 is 19.9 Å². The zero-order chi connectivity index (χ0) is 15.5. The number of morpholine rings is 1.